The Morgan fingerprint density at radius 1 is 1.07 bits per heavy atom. The second-order valence-corrected chi connectivity index (χ2v) is 13.2. The second-order valence-electron chi connectivity index (χ2n) is 10.8. The van der Waals surface area contributed by atoms with Crippen LogP contribution in [0.4, 0.5) is 10.5 Å². The van der Waals surface area contributed by atoms with Gasteiger partial charge in [-0.1, -0.05) is 41.4 Å². The molecular formula is C28H33Cl2N3O6S. The fraction of sp³-hybridized carbons (Fsp3) is 0.429. The van der Waals surface area contributed by atoms with Crippen LogP contribution >= 0.6 is 35.0 Å². The zero-order valence-corrected chi connectivity index (χ0v) is 25.5. The first-order valence-electron chi connectivity index (χ1n) is 12.5. The van der Waals surface area contributed by atoms with Gasteiger partial charge in [-0.2, -0.15) is 0 Å². The van der Waals surface area contributed by atoms with Crippen molar-refractivity contribution in [3.8, 4) is 0 Å². The number of hydrogen-bond donors (Lipinski definition) is 2. The molecule has 2 N–H and O–H groups in total. The third-order valence-corrected chi connectivity index (χ3v) is 8.07. The van der Waals surface area contributed by atoms with Gasteiger partial charge in [0.15, 0.2) is 0 Å². The first-order chi connectivity index (χ1) is 18.6. The molecule has 0 saturated carbocycles. The molecular weight excluding hydrogens is 577 g/mol. The van der Waals surface area contributed by atoms with Crippen LogP contribution in [-0.2, 0) is 25.5 Å². The van der Waals surface area contributed by atoms with Crippen LogP contribution in [0.25, 0.3) is 0 Å². The van der Waals surface area contributed by atoms with Gasteiger partial charge in [0.25, 0.3) is 5.91 Å². The van der Waals surface area contributed by atoms with E-state index in [4.69, 9.17) is 32.7 Å². The van der Waals surface area contributed by atoms with Gasteiger partial charge in [-0.3, -0.25) is 14.5 Å². The molecule has 2 aromatic rings. The smallest absolute Gasteiger partial charge is 0.411 e. The van der Waals surface area contributed by atoms with Crippen LogP contribution in [0.2, 0.25) is 10.0 Å². The summed E-state index contributed by atoms with van der Waals surface area (Å²) in [6.45, 7) is 8.99. The molecule has 0 aliphatic carbocycles. The van der Waals surface area contributed by atoms with Gasteiger partial charge in [-0.05, 0) is 64.4 Å². The Labute approximate surface area is 248 Å². The van der Waals surface area contributed by atoms with E-state index in [1.54, 1.807) is 63.2 Å². The lowest BCUT2D eigenvalue weighted by atomic mass is 9.99. The van der Waals surface area contributed by atoms with Crippen molar-refractivity contribution in [3.63, 3.8) is 0 Å². The largest absolute Gasteiger partial charge is 0.467 e. The maximum Gasteiger partial charge on any atom is 0.411 e. The first-order valence-corrected chi connectivity index (χ1v) is 14.2. The van der Waals surface area contributed by atoms with Crippen molar-refractivity contribution in [2.45, 2.75) is 63.5 Å². The van der Waals surface area contributed by atoms with Crippen LogP contribution in [0.1, 0.15) is 50.5 Å². The molecule has 3 amide bonds. The Kier molecular flexibility index (Phi) is 10.0. The van der Waals surface area contributed by atoms with E-state index in [0.717, 1.165) is 0 Å². The lowest BCUT2D eigenvalue weighted by molar-refractivity contribution is -0.145. The summed E-state index contributed by atoms with van der Waals surface area (Å²) in [7, 11) is 1.24. The van der Waals surface area contributed by atoms with E-state index >= 15 is 0 Å². The van der Waals surface area contributed by atoms with E-state index in [-0.39, 0.29) is 27.9 Å². The van der Waals surface area contributed by atoms with Crippen molar-refractivity contribution in [2.75, 3.05) is 18.3 Å². The lowest BCUT2D eigenvalue weighted by Gasteiger charge is -2.32. The number of hydrogen-bond acceptors (Lipinski definition) is 7. The van der Waals surface area contributed by atoms with E-state index < -0.39 is 46.3 Å². The van der Waals surface area contributed by atoms with Gasteiger partial charge in [0.05, 0.1) is 28.6 Å². The Bertz CT molecular complexity index is 1260. The number of carbonyl (C=O) groups is 4. The number of anilines is 1. The SMILES string of the molecule is COC(=O)[C@H](Cc1ccc(NC(=O)c2c(Cl)cccc2Cl)cc1)NC(=O)[C@@H]1N(C(=O)OC(C)(C)C)CSC1(C)C. The number of nitrogens with one attached hydrogen (secondary N) is 2. The Morgan fingerprint density at radius 3 is 2.23 bits per heavy atom. The highest BCUT2D eigenvalue weighted by Gasteiger charge is 2.49. The minimum atomic E-state index is -1.01. The number of amides is 3. The molecule has 0 radical (unpaired) electrons. The van der Waals surface area contributed by atoms with E-state index in [0.29, 0.717) is 11.3 Å². The summed E-state index contributed by atoms with van der Waals surface area (Å²) in [5.41, 5.74) is 0.626. The maximum absolute atomic E-state index is 13.5. The molecule has 0 unspecified atom stereocenters. The normalized spacial score (nSPS) is 17.1. The Morgan fingerprint density at radius 2 is 1.68 bits per heavy atom. The highest BCUT2D eigenvalue weighted by molar-refractivity contribution is 8.00. The average Bonchev–Trinajstić information content (AvgIpc) is 3.18. The summed E-state index contributed by atoms with van der Waals surface area (Å²) in [6.07, 6.45) is -0.480. The minimum absolute atomic E-state index is 0.121. The van der Waals surface area contributed by atoms with Gasteiger partial charge in [-0.15, -0.1) is 11.8 Å². The van der Waals surface area contributed by atoms with Crippen molar-refractivity contribution in [3.05, 3.63) is 63.6 Å². The molecule has 1 heterocycles. The molecule has 12 heteroatoms. The third kappa shape index (κ3) is 7.83. The summed E-state index contributed by atoms with van der Waals surface area (Å²) in [6, 6.07) is 9.67. The van der Waals surface area contributed by atoms with Crippen molar-refractivity contribution in [2.24, 2.45) is 0 Å². The number of benzene rings is 2. The van der Waals surface area contributed by atoms with Gasteiger partial charge in [0, 0.05) is 16.9 Å². The fourth-order valence-electron chi connectivity index (χ4n) is 4.15. The quantitative estimate of drug-likeness (QED) is 0.396. The third-order valence-electron chi connectivity index (χ3n) is 6.07. The molecule has 216 valence electrons. The number of nitrogens with zero attached hydrogens (tertiary/aromatic N) is 1. The zero-order valence-electron chi connectivity index (χ0n) is 23.2. The van der Waals surface area contributed by atoms with Gasteiger partial charge < -0.3 is 20.1 Å². The number of esters is 1. The molecule has 2 aromatic carbocycles. The maximum atomic E-state index is 13.5. The monoisotopic (exact) mass is 609 g/mol. The molecule has 1 aliphatic rings. The number of rotatable bonds is 7. The van der Waals surface area contributed by atoms with Crippen molar-refractivity contribution >= 4 is 64.5 Å². The molecule has 0 spiro atoms. The second kappa shape index (κ2) is 12.7. The topological polar surface area (TPSA) is 114 Å². The number of methoxy groups -OCH3 is 1. The average molecular weight is 611 g/mol. The molecule has 1 saturated heterocycles. The zero-order chi connectivity index (χ0) is 29.8. The molecule has 2 atom stereocenters. The van der Waals surface area contributed by atoms with Crippen LogP contribution in [0.3, 0.4) is 0 Å². The number of ether oxygens (including phenoxy) is 2. The minimum Gasteiger partial charge on any atom is -0.467 e. The van der Waals surface area contributed by atoms with Crippen LogP contribution in [0.15, 0.2) is 42.5 Å². The number of halogens is 2. The highest BCUT2D eigenvalue weighted by atomic mass is 35.5. The molecule has 40 heavy (non-hydrogen) atoms. The van der Waals surface area contributed by atoms with E-state index in [1.165, 1.54) is 23.8 Å². The summed E-state index contributed by atoms with van der Waals surface area (Å²) < 4.78 is 9.82. The van der Waals surface area contributed by atoms with Gasteiger partial charge >= 0.3 is 12.1 Å². The molecule has 9 nitrogen and oxygen atoms in total. The van der Waals surface area contributed by atoms with Gasteiger partial charge in [0.2, 0.25) is 5.91 Å². The summed E-state index contributed by atoms with van der Waals surface area (Å²) in [5, 5.41) is 5.97. The molecule has 3 rings (SSSR count). The Hall–Kier alpha value is -2.95. The van der Waals surface area contributed by atoms with Crippen LogP contribution in [0.5, 0.6) is 0 Å². The molecule has 0 bridgehead atoms. The van der Waals surface area contributed by atoms with Crippen LogP contribution in [-0.4, -0.2) is 64.2 Å². The van der Waals surface area contributed by atoms with E-state index in [1.807, 2.05) is 13.8 Å². The Balaban J connectivity index is 1.73. The van der Waals surface area contributed by atoms with E-state index in [9.17, 15) is 19.2 Å². The molecule has 1 aliphatic heterocycles. The predicted molar refractivity (Wildman–Crippen MR) is 157 cm³/mol. The summed E-state index contributed by atoms with van der Waals surface area (Å²) in [4.78, 5) is 53.0. The fourth-order valence-corrected chi connectivity index (χ4v) is 5.84. The lowest BCUT2D eigenvalue weighted by Crippen LogP contribution is -2.57. The molecule has 0 aromatic heterocycles. The number of thioether (sulfide) groups is 1. The van der Waals surface area contributed by atoms with Crippen molar-refractivity contribution < 1.29 is 28.7 Å². The van der Waals surface area contributed by atoms with Crippen LogP contribution < -0.4 is 10.6 Å². The number of carbonyl (C=O) groups excluding carboxylic acids is 4. The summed E-state index contributed by atoms with van der Waals surface area (Å²) >= 11 is 13.7. The first kappa shape index (κ1) is 31.6. The van der Waals surface area contributed by atoms with Crippen molar-refractivity contribution in [1.29, 1.82) is 0 Å². The van der Waals surface area contributed by atoms with Gasteiger partial charge in [-0.25, -0.2) is 9.59 Å². The van der Waals surface area contributed by atoms with Crippen LogP contribution in [0, 0.1) is 0 Å². The molecule has 1 fully saturated rings. The predicted octanol–water partition coefficient (Wildman–Crippen LogP) is 5.53. The highest BCUT2D eigenvalue weighted by Crippen LogP contribution is 2.40. The summed E-state index contributed by atoms with van der Waals surface area (Å²) in [5.74, 6) is -1.31. The van der Waals surface area contributed by atoms with Gasteiger partial charge in [0.1, 0.15) is 17.7 Å². The standard InChI is InChI=1S/C28H33Cl2N3O6S/c1-27(2,3)39-26(37)33-15-40-28(4,5)22(33)24(35)32-20(25(36)38-6)14-16-10-12-17(13-11-16)31-23(34)21-18(29)8-7-9-19(21)30/h7-13,20,22H,14-15H2,1-6H3,(H,31,34)(H,32,35)/t20-,22-/m0/s1. The van der Waals surface area contributed by atoms with Crippen molar-refractivity contribution in [1.82, 2.24) is 10.2 Å². The van der Waals surface area contributed by atoms with E-state index in [2.05, 4.69) is 10.6 Å².